The predicted octanol–water partition coefficient (Wildman–Crippen LogP) is 0.507. The van der Waals surface area contributed by atoms with E-state index in [1.807, 2.05) is 6.07 Å². The van der Waals surface area contributed by atoms with E-state index in [9.17, 15) is 0 Å². The highest BCUT2D eigenvalue weighted by atomic mass is 28.1. The third kappa shape index (κ3) is 3.76. The lowest BCUT2D eigenvalue weighted by atomic mass is 10.2. The van der Waals surface area contributed by atoms with Crippen LogP contribution in [0.15, 0.2) is 36.5 Å². The standard InChI is InChI=1S/C11H18N2Si/c1-2-12-9-13-8-11(14)10-6-4-3-5-7-10/h3-8,12-13H,2,9H2,1,14H3. The second-order valence-electron chi connectivity index (χ2n) is 3.18. The zero-order chi connectivity index (χ0) is 10.2. The minimum absolute atomic E-state index is 0.842. The van der Waals surface area contributed by atoms with E-state index in [2.05, 4.69) is 48.0 Å². The van der Waals surface area contributed by atoms with Crippen LogP contribution >= 0.6 is 0 Å². The van der Waals surface area contributed by atoms with Gasteiger partial charge in [-0.3, -0.25) is 0 Å². The van der Waals surface area contributed by atoms with Gasteiger partial charge in [0.05, 0.1) is 6.67 Å². The molecule has 0 saturated carbocycles. The van der Waals surface area contributed by atoms with E-state index in [0.29, 0.717) is 0 Å². The van der Waals surface area contributed by atoms with Crippen LogP contribution in [0.5, 0.6) is 0 Å². The van der Waals surface area contributed by atoms with E-state index >= 15 is 0 Å². The lowest BCUT2D eigenvalue weighted by Gasteiger charge is -2.04. The van der Waals surface area contributed by atoms with E-state index in [0.717, 1.165) is 23.5 Å². The van der Waals surface area contributed by atoms with Crippen LogP contribution in [0, 0.1) is 0 Å². The molecule has 0 fully saturated rings. The molecule has 76 valence electrons. The monoisotopic (exact) mass is 206 g/mol. The van der Waals surface area contributed by atoms with E-state index < -0.39 is 0 Å². The van der Waals surface area contributed by atoms with Gasteiger partial charge in [0.1, 0.15) is 0 Å². The van der Waals surface area contributed by atoms with Gasteiger partial charge in [-0.15, -0.1) is 0 Å². The Balaban J connectivity index is 2.44. The minimum atomic E-state index is 0.842. The lowest BCUT2D eigenvalue weighted by Crippen LogP contribution is -2.24. The second kappa shape index (κ2) is 6.40. The fraction of sp³-hybridized carbons (Fsp3) is 0.273. The van der Waals surface area contributed by atoms with Gasteiger partial charge in [-0.1, -0.05) is 37.3 Å². The van der Waals surface area contributed by atoms with Gasteiger partial charge < -0.3 is 10.6 Å². The molecule has 14 heavy (non-hydrogen) atoms. The first-order valence-corrected chi connectivity index (χ1v) is 6.01. The summed E-state index contributed by atoms with van der Waals surface area (Å²) < 4.78 is 0. The maximum Gasteiger partial charge on any atom is 0.0647 e. The molecule has 1 aromatic carbocycles. The highest BCUT2D eigenvalue weighted by molar-refractivity contribution is 6.42. The van der Waals surface area contributed by atoms with Crippen LogP contribution < -0.4 is 10.6 Å². The van der Waals surface area contributed by atoms with Crippen LogP contribution in [-0.2, 0) is 0 Å². The average molecular weight is 206 g/mol. The Labute approximate surface area is 88.8 Å². The van der Waals surface area contributed by atoms with Gasteiger partial charge in [0.2, 0.25) is 0 Å². The van der Waals surface area contributed by atoms with Crippen LogP contribution in [0.2, 0.25) is 0 Å². The summed E-state index contributed by atoms with van der Waals surface area (Å²) >= 11 is 0. The number of hydrogen-bond acceptors (Lipinski definition) is 2. The van der Waals surface area contributed by atoms with Gasteiger partial charge in [-0.2, -0.15) is 0 Å². The van der Waals surface area contributed by atoms with Crippen LogP contribution in [0.3, 0.4) is 0 Å². The maximum absolute atomic E-state index is 3.25. The molecule has 0 radical (unpaired) electrons. The SMILES string of the molecule is CCNCNC=C([SiH3])c1ccccc1. The number of benzene rings is 1. The van der Waals surface area contributed by atoms with Crippen molar-refractivity contribution in [1.29, 1.82) is 0 Å². The smallest absolute Gasteiger partial charge is 0.0647 e. The van der Waals surface area contributed by atoms with Crippen molar-refractivity contribution >= 4 is 15.4 Å². The zero-order valence-electron chi connectivity index (χ0n) is 8.88. The normalized spacial score (nSPS) is 11.6. The first-order valence-electron chi connectivity index (χ1n) is 5.01. The molecule has 0 amide bonds. The van der Waals surface area contributed by atoms with E-state index in [-0.39, 0.29) is 0 Å². The molecule has 3 heteroatoms. The summed E-state index contributed by atoms with van der Waals surface area (Å²) in [5.41, 5.74) is 1.32. The van der Waals surface area contributed by atoms with Crippen LogP contribution in [0.4, 0.5) is 0 Å². The first-order chi connectivity index (χ1) is 6.84. The first kappa shape index (κ1) is 11.0. The third-order valence-corrected chi connectivity index (χ3v) is 2.89. The number of nitrogens with one attached hydrogen (secondary N) is 2. The zero-order valence-corrected chi connectivity index (χ0v) is 10.9. The van der Waals surface area contributed by atoms with Crippen molar-refractivity contribution in [2.75, 3.05) is 13.2 Å². The molecule has 0 aliphatic heterocycles. The Morgan fingerprint density at radius 3 is 2.71 bits per heavy atom. The average Bonchev–Trinajstić information content (AvgIpc) is 2.25. The van der Waals surface area contributed by atoms with Gasteiger partial charge in [-0.25, -0.2) is 0 Å². The fourth-order valence-corrected chi connectivity index (χ4v) is 1.72. The summed E-state index contributed by atoms with van der Waals surface area (Å²) in [6.07, 6.45) is 2.10. The van der Waals surface area contributed by atoms with Crippen LogP contribution in [0.25, 0.3) is 5.20 Å². The second-order valence-corrected chi connectivity index (χ2v) is 4.26. The summed E-state index contributed by atoms with van der Waals surface area (Å²) in [5.74, 6) is 0. The van der Waals surface area contributed by atoms with Crippen molar-refractivity contribution in [3.63, 3.8) is 0 Å². The Morgan fingerprint density at radius 1 is 1.36 bits per heavy atom. The van der Waals surface area contributed by atoms with Gasteiger partial charge in [0.25, 0.3) is 0 Å². The molecule has 0 aliphatic carbocycles. The molecular weight excluding hydrogens is 188 g/mol. The van der Waals surface area contributed by atoms with E-state index in [4.69, 9.17) is 0 Å². The van der Waals surface area contributed by atoms with Crippen molar-refractivity contribution in [3.05, 3.63) is 42.1 Å². The van der Waals surface area contributed by atoms with Gasteiger partial charge >= 0.3 is 0 Å². The van der Waals surface area contributed by atoms with Crippen molar-refractivity contribution < 1.29 is 0 Å². The topological polar surface area (TPSA) is 24.1 Å². The van der Waals surface area contributed by atoms with E-state index in [1.54, 1.807) is 0 Å². The molecule has 2 N–H and O–H groups in total. The molecule has 0 spiro atoms. The molecule has 0 aliphatic rings. The number of rotatable bonds is 5. The molecule has 0 atom stereocenters. The predicted molar refractivity (Wildman–Crippen MR) is 66.0 cm³/mol. The lowest BCUT2D eigenvalue weighted by molar-refractivity contribution is 0.677. The largest absolute Gasteiger partial charge is 0.378 e. The van der Waals surface area contributed by atoms with Gasteiger partial charge in [0.15, 0.2) is 0 Å². The molecule has 0 aromatic heterocycles. The van der Waals surface area contributed by atoms with Crippen LogP contribution in [-0.4, -0.2) is 23.5 Å². The van der Waals surface area contributed by atoms with Gasteiger partial charge in [-0.05, 0) is 23.5 Å². The molecule has 0 bridgehead atoms. The summed E-state index contributed by atoms with van der Waals surface area (Å²) in [6, 6.07) is 10.5. The van der Waals surface area contributed by atoms with Crippen molar-refractivity contribution in [2.24, 2.45) is 0 Å². The molecule has 0 unspecified atom stereocenters. The minimum Gasteiger partial charge on any atom is -0.378 e. The highest BCUT2D eigenvalue weighted by Crippen LogP contribution is 2.07. The Hall–Kier alpha value is -1.06. The molecular formula is C11H18N2Si. The summed E-state index contributed by atoms with van der Waals surface area (Å²) in [4.78, 5) is 0. The molecule has 0 saturated heterocycles. The Kier molecular flexibility index (Phi) is 5.03. The molecule has 2 nitrogen and oxygen atoms in total. The molecule has 0 heterocycles. The Morgan fingerprint density at radius 2 is 2.07 bits per heavy atom. The third-order valence-electron chi connectivity index (χ3n) is 2.02. The quantitative estimate of drug-likeness (QED) is 0.417. The highest BCUT2D eigenvalue weighted by Gasteiger charge is 1.91. The number of hydrogen-bond donors (Lipinski definition) is 2. The van der Waals surface area contributed by atoms with Crippen molar-refractivity contribution in [1.82, 2.24) is 10.6 Å². The van der Waals surface area contributed by atoms with Crippen molar-refractivity contribution in [3.8, 4) is 0 Å². The summed E-state index contributed by atoms with van der Waals surface area (Å²) in [7, 11) is 1.07. The van der Waals surface area contributed by atoms with Crippen LogP contribution in [0.1, 0.15) is 12.5 Å². The maximum atomic E-state index is 3.25. The molecule has 1 aromatic rings. The van der Waals surface area contributed by atoms with E-state index in [1.165, 1.54) is 10.8 Å². The molecule has 1 rings (SSSR count). The van der Waals surface area contributed by atoms with Gasteiger partial charge in [0, 0.05) is 10.2 Å². The Bertz CT molecular complexity index is 283. The fourth-order valence-electron chi connectivity index (χ4n) is 1.19. The van der Waals surface area contributed by atoms with Crippen molar-refractivity contribution in [2.45, 2.75) is 6.92 Å². The summed E-state index contributed by atoms with van der Waals surface area (Å²) in [6.45, 7) is 3.95. The summed E-state index contributed by atoms with van der Waals surface area (Å²) in [5, 5.41) is 7.85.